The number of hydrogen-bond donors (Lipinski definition) is 1. The average Bonchev–Trinajstić information content (AvgIpc) is 2.49. The molecule has 0 aliphatic heterocycles. The van der Waals surface area contributed by atoms with Crippen molar-refractivity contribution in [2.24, 2.45) is 0 Å². The summed E-state index contributed by atoms with van der Waals surface area (Å²) in [6.07, 6.45) is 1.27. The molecule has 0 radical (unpaired) electrons. The number of halogens is 1. The number of rotatable bonds is 4. The Labute approximate surface area is 126 Å². The molecule has 6 heteroatoms. The maximum Gasteiger partial charge on any atom is 0.339 e. The second-order valence-corrected chi connectivity index (χ2v) is 4.59. The second kappa shape index (κ2) is 6.67. The van der Waals surface area contributed by atoms with Crippen LogP contribution >= 0.6 is 11.6 Å². The highest BCUT2D eigenvalue weighted by Gasteiger charge is 2.16. The number of benzene rings is 2. The molecule has 0 saturated carbocycles. The lowest BCUT2D eigenvalue weighted by atomic mass is 10.2. The van der Waals surface area contributed by atoms with E-state index in [9.17, 15) is 14.9 Å². The van der Waals surface area contributed by atoms with Gasteiger partial charge in [0.2, 0.25) is 0 Å². The van der Waals surface area contributed by atoms with Crippen LogP contribution in [0.2, 0.25) is 5.02 Å². The Morgan fingerprint density at radius 1 is 1.10 bits per heavy atom. The molecule has 21 heavy (non-hydrogen) atoms. The van der Waals surface area contributed by atoms with Crippen LogP contribution in [-0.4, -0.2) is 10.8 Å². The molecule has 5 nitrogen and oxygen atoms in total. The van der Waals surface area contributed by atoms with Crippen LogP contribution in [-0.2, 0) is 0 Å². The first-order valence-electron chi connectivity index (χ1n) is 6.04. The molecule has 0 bridgehead atoms. The van der Waals surface area contributed by atoms with Crippen LogP contribution in [0.15, 0.2) is 60.4 Å². The molecule has 1 N–H and O–H groups in total. The van der Waals surface area contributed by atoms with Gasteiger partial charge in [0, 0.05) is 11.1 Å². The molecule has 2 aromatic rings. The summed E-state index contributed by atoms with van der Waals surface area (Å²) in [7, 11) is 0. The van der Waals surface area contributed by atoms with Gasteiger partial charge in [-0.3, -0.25) is 0 Å². The zero-order chi connectivity index (χ0) is 15.2. The molecule has 106 valence electrons. The van der Waals surface area contributed by atoms with Gasteiger partial charge in [0.05, 0.1) is 5.56 Å². The molecule has 0 heterocycles. The Kier molecular flexibility index (Phi) is 4.68. The summed E-state index contributed by atoms with van der Waals surface area (Å²) >= 11 is 5.75. The van der Waals surface area contributed by atoms with Crippen LogP contribution in [0.5, 0.6) is 0 Å². The van der Waals surface area contributed by atoms with Crippen LogP contribution in [0.3, 0.4) is 0 Å². The van der Waals surface area contributed by atoms with Gasteiger partial charge in [-0.05, 0) is 34.8 Å². The van der Waals surface area contributed by atoms with Crippen LogP contribution in [0.4, 0.5) is 0 Å². The van der Waals surface area contributed by atoms with E-state index in [0.29, 0.717) is 16.1 Å². The van der Waals surface area contributed by atoms with Crippen molar-refractivity contribution in [3.63, 3.8) is 0 Å². The number of nitro groups is 1. The summed E-state index contributed by atoms with van der Waals surface area (Å²) in [6.45, 7) is 0. The van der Waals surface area contributed by atoms with Crippen LogP contribution in [0.1, 0.15) is 15.9 Å². The zero-order valence-corrected chi connectivity index (χ0v) is 11.6. The smallest absolute Gasteiger partial charge is 0.339 e. The Balaban J connectivity index is 2.22. The van der Waals surface area contributed by atoms with Crippen molar-refractivity contribution < 1.29 is 9.72 Å². The van der Waals surface area contributed by atoms with Gasteiger partial charge in [-0.25, -0.2) is 10.1 Å². The molecule has 2 rings (SSSR count). The Hall–Kier alpha value is -2.66. The summed E-state index contributed by atoms with van der Waals surface area (Å²) in [5, 5.41) is 13.9. The van der Waals surface area contributed by atoms with Gasteiger partial charge in [0.15, 0.2) is 0 Å². The minimum absolute atomic E-state index is 0.348. The lowest BCUT2D eigenvalue weighted by molar-refractivity contribution is -0.428. The molecule has 1 amide bonds. The number of carbonyl (C=O) groups excluding carboxylic acids is 1. The maximum absolute atomic E-state index is 11.9. The first-order chi connectivity index (χ1) is 10.1. The first-order valence-corrected chi connectivity index (χ1v) is 6.42. The molecule has 0 aliphatic rings. The SMILES string of the molecule is O=C(N/C(=C\c1ccc(Cl)cc1)[N+](=O)[O-])c1ccccc1. The van der Waals surface area contributed by atoms with Crippen molar-refractivity contribution in [1.29, 1.82) is 0 Å². The van der Waals surface area contributed by atoms with Crippen molar-refractivity contribution >= 4 is 23.6 Å². The van der Waals surface area contributed by atoms with E-state index in [1.54, 1.807) is 54.6 Å². The van der Waals surface area contributed by atoms with E-state index in [1.165, 1.54) is 6.08 Å². The van der Waals surface area contributed by atoms with Crippen molar-refractivity contribution in [1.82, 2.24) is 5.32 Å². The minimum Gasteiger partial charge on any atom is -0.358 e. The van der Waals surface area contributed by atoms with Crippen molar-refractivity contribution in [2.75, 3.05) is 0 Å². The zero-order valence-electron chi connectivity index (χ0n) is 10.8. The maximum atomic E-state index is 11.9. The number of nitrogens with zero attached hydrogens (tertiary/aromatic N) is 1. The fourth-order valence-corrected chi connectivity index (χ4v) is 1.76. The third kappa shape index (κ3) is 4.15. The third-order valence-corrected chi connectivity index (χ3v) is 2.90. The lowest BCUT2D eigenvalue weighted by Gasteiger charge is -2.02. The number of amides is 1. The largest absolute Gasteiger partial charge is 0.358 e. The van der Waals surface area contributed by atoms with Gasteiger partial charge in [-0.2, -0.15) is 0 Å². The highest BCUT2D eigenvalue weighted by atomic mass is 35.5. The molecular weight excluding hydrogens is 292 g/mol. The van der Waals surface area contributed by atoms with Gasteiger partial charge in [-0.1, -0.05) is 41.9 Å². The van der Waals surface area contributed by atoms with Crippen molar-refractivity contribution in [3.05, 3.63) is 86.7 Å². The molecule has 2 aromatic carbocycles. The first kappa shape index (κ1) is 14.7. The van der Waals surface area contributed by atoms with Crippen molar-refractivity contribution in [3.8, 4) is 0 Å². The molecule has 0 aliphatic carbocycles. The topological polar surface area (TPSA) is 72.2 Å². The normalized spacial score (nSPS) is 11.0. The fourth-order valence-electron chi connectivity index (χ4n) is 1.63. The molecule has 0 saturated heterocycles. The molecule has 0 atom stereocenters. The summed E-state index contributed by atoms with van der Waals surface area (Å²) in [6, 6.07) is 14.8. The van der Waals surface area contributed by atoms with Gasteiger partial charge >= 0.3 is 11.7 Å². The predicted octanol–water partition coefficient (Wildman–Crippen LogP) is 3.35. The van der Waals surface area contributed by atoms with E-state index in [4.69, 9.17) is 11.6 Å². The minimum atomic E-state index is -0.643. The van der Waals surface area contributed by atoms with E-state index in [1.807, 2.05) is 0 Å². The lowest BCUT2D eigenvalue weighted by Crippen LogP contribution is -2.26. The van der Waals surface area contributed by atoms with Crippen LogP contribution in [0.25, 0.3) is 6.08 Å². The Bertz CT molecular complexity index is 682. The molecule has 0 fully saturated rings. The fraction of sp³-hybridized carbons (Fsp3) is 0. The molecule has 0 unspecified atom stereocenters. The van der Waals surface area contributed by atoms with Gasteiger partial charge < -0.3 is 10.1 Å². The Morgan fingerprint density at radius 2 is 1.71 bits per heavy atom. The molecule has 0 spiro atoms. The van der Waals surface area contributed by atoms with Gasteiger partial charge in [0.1, 0.15) is 0 Å². The number of carbonyl (C=O) groups is 1. The number of nitrogens with one attached hydrogen (secondary N) is 1. The monoisotopic (exact) mass is 302 g/mol. The molecule has 0 aromatic heterocycles. The Morgan fingerprint density at radius 3 is 2.29 bits per heavy atom. The van der Waals surface area contributed by atoms with E-state index < -0.39 is 16.7 Å². The highest BCUT2D eigenvalue weighted by Crippen LogP contribution is 2.12. The van der Waals surface area contributed by atoms with E-state index in [2.05, 4.69) is 5.32 Å². The highest BCUT2D eigenvalue weighted by molar-refractivity contribution is 6.30. The van der Waals surface area contributed by atoms with Crippen molar-refractivity contribution in [2.45, 2.75) is 0 Å². The van der Waals surface area contributed by atoms with Crippen LogP contribution < -0.4 is 5.32 Å². The predicted molar refractivity (Wildman–Crippen MR) is 80.3 cm³/mol. The summed E-state index contributed by atoms with van der Waals surface area (Å²) in [5.74, 6) is -0.932. The van der Waals surface area contributed by atoms with Gasteiger partial charge in [0.25, 0.3) is 0 Å². The second-order valence-electron chi connectivity index (χ2n) is 4.16. The standard InChI is InChI=1S/C15H11ClN2O3/c16-13-8-6-11(7-9-13)10-14(18(20)21)17-15(19)12-4-2-1-3-5-12/h1-10H,(H,17,19)/b14-10+. The summed E-state index contributed by atoms with van der Waals surface area (Å²) in [5.41, 5.74) is 0.917. The van der Waals surface area contributed by atoms with E-state index >= 15 is 0 Å². The summed E-state index contributed by atoms with van der Waals surface area (Å²) < 4.78 is 0. The van der Waals surface area contributed by atoms with E-state index in [0.717, 1.165) is 0 Å². The third-order valence-electron chi connectivity index (χ3n) is 2.65. The average molecular weight is 303 g/mol. The number of hydrogen-bond acceptors (Lipinski definition) is 3. The molecular formula is C15H11ClN2O3. The van der Waals surface area contributed by atoms with Crippen LogP contribution in [0, 0.1) is 10.1 Å². The van der Waals surface area contributed by atoms with E-state index in [-0.39, 0.29) is 0 Å². The quantitative estimate of drug-likeness (QED) is 0.695. The summed E-state index contributed by atoms with van der Waals surface area (Å²) in [4.78, 5) is 22.3. The van der Waals surface area contributed by atoms with Gasteiger partial charge in [-0.15, -0.1) is 0 Å².